The van der Waals surface area contributed by atoms with Gasteiger partial charge >= 0.3 is 0 Å². The molecule has 1 heterocycles. The molecule has 1 fully saturated rings. The Labute approximate surface area is 118 Å². The SMILES string of the molecule is CCNCC(C)S(=O)(=O)N1CCCN(C)CC1CC. The van der Waals surface area contributed by atoms with Crippen molar-refractivity contribution in [3.63, 3.8) is 0 Å². The van der Waals surface area contributed by atoms with Crippen LogP contribution >= 0.6 is 0 Å². The number of hydrogen-bond donors (Lipinski definition) is 1. The number of sulfonamides is 1. The van der Waals surface area contributed by atoms with Crippen molar-refractivity contribution in [3.05, 3.63) is 0 Å². The number of nitrogens with zero attached hydrogens (tertiary/aromatic N) is 2. The van der Waals surface area contributed by atoms with E-state index in [4.69, 9.17) is 0 Å². The molecule has 0 bridgehead atoms. The first-order valence-electron chi connectivity index (χ1n) is 7.33. The molecule has 2 atom stereocenters. The summed E-state index contributed by atoms with van der Waals surface area (Å²) in [6, 6.07) is 0.113. The van der Waals surface area contributed by atoms with Gasteiger partial charge in [-0.15, -0.1) is 0 Å². The van der Waals surface area contributed by atoms with Crippen LogP contribution in [0.1, 0.15) is 33.6 Å². The van der Waals surface area contributed by atoms with Crippen LogP contribution < -0.4 is 5.32 Å². The van der Waals surface area contributed by atoms with Gasteiger partial charge in [0.15, 0.2) is 0 Å². The minimum absolute atomic E-state index is 0.113. The zero-order valence-electron chi connectivity index (χ0n) is 12.7. The average Bonchev–Trinajstić information content (AvgIpc) is 2.57. The molecule has 1 saturated heterocycles. The zero-order valence-corrected chi connectivity index (χ0v) is 13.5. The molecule has 0 aromatic rings. The maximum Gasteiger partial charge on any atom is 0.218 e. The topological polar surface area (TPSA) is 52.7 Å². The van der Waals surface area contributed by atoms with E-state index in [9.17, 15) is 8.42 Å². The lowest BCUT2D eigenvalue weighted by Gasteiger charge is -2.31. The van der Waals surface area contributed by atoms with Gasteiger partial charge in [-0.05, 0) is 39.9 Å². The molecule has 0 aromatic heterocycles. The quantitative estimate of drug-likeness (QED) is 0.784. The summed E-state index contributed by atoms with van der Waals surface area (Å²) in [6.45, 7) is 9.67. The van der Waals surface area contributed by atoms with Crippen LogP contribution in [-0.4, -0.2) is 68.7 Å². The van der Waals surface area contributed by atoms with E-state index in [-0.39, 0.29) is 11.3 Å². The van der Waals surface area contributed by atoms with E-state index in [2.05, 4.69) is 24.2 Å². The Balaban J connectivity index is 2.83. The van der Waals surface area contributed by atoms with Crippen LogP contribution in [0, 0.1) is 0 Å². The highest BCUT2D eigenvalue weighted by molar-refractivity contribution is 7.89. The van der Waals surface area contributed by atoms with Crippen molar-refractivity contribution in [1.29, 1.82) is 0 Å². The van der Waals surface area contributed by atoms with Gasteiger partial charge in [0.1, 0.15) is 0 Å². The molecule has 19 heavy (non-hydrogen) atoms. The van der Waals surface area contributed by atoms with Crippen molar-refractivity contribution < 1.29 is 8.42 Å². The minimum atomic E-state index is -3.20. The summed E-state index contributed by atoms with van der Waals surface area (Å²) in [6.07, 6.45) is 1.79. The second-order valence-corrected chi connectivity index (χ2v) is 7.76. The normalized spacial score (nSPS) is 25.2. The van der Waals surface area contributed by atoms with Crippen molar-refractivity contribution >= 4 is 10.0 Å². The molecule has 0 aliphatic carbocycles. The van der Waals surface area contributed by atoms with E-state index < -0.39 is 10.0 Å². The molecular weight excluding hydrogens is 262 g/mol. The second kappa shape index (κ2) is 7.57. The lowest BCUT2D eigenvalue weighted by atomic mass is 10.2. The molecule has 1 N–H and O–H groups in total. The van der Waals surface area contributed by atoms with E-state index in [1.807, 2.05) is 6.92 Å². The van der Waals surface area contributed by atoms with Crippen LogP contribution in [-0.2, 0) is 10.0 Å². The summed E-state index contributed by atoms with van der Waals surface area (Å²) in [7, 11) is -1.13. The summed E-state index contributed by atoms with van der Waals surface area (Å²) in [5, 5.41) is 2.78. The van der Waals surface area contributed by atoms with Gasteiger partial charge in [0, 0.05) is 25.7 Å². The van der Waals surface area contributed by atoms with E-state index in [1.165, 1.54) is 0 Å². The summed E-state index contributed by atoms with van der Waals surface area (Å²) in [5.41, 5.74) is 0. The van der Waals surface area contributed by atoms with Gasteiger partial charge in [-0.1, -0.05) is 13.8 Å². The molecule has 0 saturated carbocycles. The molecule has 5 nitrogen and oxygen atoms in total. The Kier molecular flexibility index (Phi) is 6.73. The fourth-order valence-corrected chi connectivity index (χ4v) is 4.38. The van der Waals surface area contributed by atoms with Crippen LogP contribution in [0.5, 0.6) is 0 Å². The third-order valence-electron chi connectivity index (χ3n) is 3.84. The molecular formula is C13H29N3O2S. The second-order valence-electron chi connectivity index (χ2n) is 5.45. The standard InChI is InChI=1S/C13H29N3O2S/c1-5-13-11-15(4)8-7-9-16(13)19(17,18)12(3)10-14-6-2/h12-14H,5-11H2,1-4H3. The number of nitrogens with one attached hydrogen (secondary N) is 1. The van der Waals surface area contributed by atoms with Gasteiger partial charge in [0.05, 0.1) is 5.25 Å². The first-order chi connectivity index (χ1) is 8.93. The lowest BCUT2D eigenvalue weighted by Crippen LogP contribution is -2.48. The Hall–Kier alpha value is -0.170. The Bertz CT molecular complexity index is 359. The number of likely N-dealkylation sites (N-methyl/N-ethyl adjacent to an activating group) is 1. The van der Waals surface area contributed by atoms with Crippen molar-refractivity contribution in [2.24, 2.45) is 0 Å². The van der Waals surface area contributed by atoms with Crippen molar-refractivity contribution in [2.45, 2.75) is 44.9 Å². The van der Waals surface area contributed by atoms with Gasteiger partial charge in [-0.3, -0.25) is 0 Å². The molecule has 1 aliphatic heterocycles. The average molecular weight is 291 g/mol. The van der Waals surface area contributed by atoms with E-state index >= 15 is 0 Å². The molecule has 0 spiro atoms. The molecule has 2 unspecified atom stereocenters. The summed E-state index contributed by atoms with van der Waals surface area (Å²) in [5.74, 6) is 0. The highest BCUT2D eigenvalue weighted by atomic mass is 32.2. The first-order valence-corrected chi connectivity index (χ1v) is 8.83. The Morgan fingerprint density at radius 1 is 1.32 bits per heavy atom. The summed E-state index contributed by atoms with van der Waals surface area (Å²) >= 11 is 0. The Morgan fingerprint density at radius 2 is 2.00 bits per heavy atom. The van der Waals surface area contributed by atoms with E-state index in [0.29, 0.717) is 13.1 Å². The van der Waals surface area contributed by atoms with Crippen LogP contribution in [0.4, 0.5) is 0 Å². The largest absolute Gasteiger partial charge is 0.316 e. The highest BCUT2D eigenvalue weighted by Gasteiger charge is 2.34. The third-order valence-corrected chi connectivity index (χ3v) is 6.15. The molecule has 1 aliphatic rings. The Morgan fingerprint density at radius 3 is 2.58 bits per heavy atom. The van der Waals surface area contributed by atoms with Crippen LogP contribution in [0.3, 0.4) is 0 Å². The molecule has 0 radical (unpaired) electrons. The maximum atomic E-state index is 12.7. The minimum Gasteiger partial charge on any atom is -0.316 e. The van der Waals surface area contributed by atoms with Crippen LogP contribution in [0.2, 0.25) is 0 Å². The van der Waals surface area contributed by atoms with Crippen LogP contribution in [0.15, 0.2) is 0 Å². The predicted octanol–water partition coefficient (Wildman–Crippen LogP) is 0.730. The van der Waals surface area contributed by atoms with Gasteiger partial charge < -0.3 is 10.2 Å². The highest BCUT2D eigenvalue weighted by Crippen LogP contribution is 2.19. The predicted molar refractivity (Wildman–Crippen MR) is 79.8 cm³/mol. The van der Waals surface area contributed by atoms with Crippen molar-refractivity contribution in [3.8, 4) is 0 Å². The van der Waals surface area contributed by atoms with E-state index in [1.54, 1.807) is 11.2 Å². The molecule has 1 rings (SSSR count). The smallest absolute Gasteiger partial charge is 0.218 e. The van der Waals surface area contributed by atoms with E-state index in [0.717, 1.165) is 32.5 Å². The molecule has 0 aromatic carbocycles. The van der Waals surface area contributed by atoms with Gasteiger partial charge in [0.2, 0.25) is 10.0 Å². The molecule has 0 amide bonds. The number of rotatable bonds is 6. The van der Waals surface area contributed by atoms with Gasteiger partial charge in [-0.2, -0.15) is 4.31 Å². The zero-order chi connectivity index (χ0) is 14.5. The monoisotopic (exact) mass is 291 g/mol. The summed E-state index contributed by atoms with van der Waals surface area (Å²) in [4.78, 5) is 2.23. The maximum absolute atomic E-state index is 12.7. The fourth-order valence-electron chi connectivity index (χ4n) is 2.57. The first kappa shape index (κ1) is 16.9. The van der Waals surface area contributed by atoms with Crippen molar-refractivity contribution in [1.82, 2.24) is 14.5 Å². The summed E-state index contributed by atoms with van der Waals surface area (Å²) < 4.78 is 27.1. The van der Waals surface area contributed by atoms with Crippen LogP contribution in [0.25, 0.3) is 0 Å². The van der Waals surface area contributed by atoms with Gasteiger partial charge in [0.25, 0.3) is 0 Å². The number of hydrogen-bond acceptors (Lipinski definition) is 4. The lowest BCUT2D eigenvalue weighted by molar-refractivity contribution is 0.268. The molecule has 114 valence electrons. The molecule has 6 heteroatoms. The fraction of sp³-hybridized carbons (Fsp3) is 1.00. The van der Waals surface area contributed by atoms with Gasteiger partial charge in [-0.25, -0.2) is 8.42 Å². The third kappa shape index (κ3) is 4.41. The van der Waals surface area contributed by atoms with Crippen molar-refractivity contribution in [2.75, 3.05) is 39.8 Å².